The Morgan fingerprint density at radius 2 is 1.88 bits per heavy atom. The van der Waals surface area contributed by atoms with Crippen molar-refractivity contribution in [2.45, 2.75) is 26.1 Å². The highest BCUT2D eigenvalue weighted by molar-refractivity contribution is 5.96. The van der Waals surface area contributed by atoms with E-state index in [-0.39, 0.29) is 11.3 Å². The summed E-state index contributed by atoms with van der Waals surface area (Å²) in [6.45, 7) is 3.13. The first-order chi connectivity index (χ1) is 11.6. The SMILES string of the molecule is Cc1ncc([N+](=O)[O-])cc1C(=O)NC(C)c1ccc(C(F)(F)F)cc1. The van der Waals surface area contributed by atoms with Crippen LogP contribution in [0.1, 0.15) is 40.1 Å². The van der Waals surface area contributed by atoms with Gasteiger partial charge >= 0.3 is 6.18 Å². The number of amides is 1. The van der Waals surface area contributed by atoms with Crippen LogP contribution in [-0.2, 0) is 6.18 Å². The molecule has 1 unspecified atom stereocenters. The molecule has 1 amide bonds. The van der Waals surface area contributed by atoms with Crippen LogP contribution in [0.15, 0.2) is 36.5 Å². The molecular formula is C16H14F3N3O3. The quantitative estimate of drug-likeness (QED) is 0.669. The number of carbonyl (C=O) groups excluding carboxylic acids is 1. The second kappa shape index (κ2) is 6.88. The van der Waals surface area contributed by atoms with E-state index in [0.29, 0.717) is 11.3 Å². The van der Waals surface area contributed by atoms with Gasteiger partial charge in [-0.2, -0.15) is 13.2 Å². The van der Waals surface area contributed by atoms with Crippen LogP contribution < -0.4 is 5.32 Å². The molecule has 2 rings (SSSR count). The number of nitrogens with zero attached hydrogens (tertiary/aromatic N) is 2. The van der Waals surface area contributed by atoms with Crippen molar-refractivity contribution in [1.29, 1.82) is 0 Å². The van der Waals surface area contributed by atoms with Crippen LogP contribution in [0.25, 0.3) is 0 Å². The number of hydrogen-bond acceptors (Lipinski definition) is 4. The number of halogens is 3. The number of pyridine rings is 1. The van der Waals surface area contributed by atoms with Crippen molar-refractivity contribution in [1.82, 2.24) is 10.3 Å². The number of hydrogen-bond donors (Lipinski definition) is 1. The minimum atomic E-state index is -4.43. The summed E-state index contributed by atoms with van der Waals surface area (Å²) in [6, 6.07) is 4.92. The van der Waals surface area contributed by atoms with Gasteiger partial charge in [0.05, 0.1) is 27.8 Å². The summed E-state index contributed by atoms with van der Waals surface area (Å²) in [4.78, 5) is 26.2. The topological polar surface area (TPSA) is 85.1 Å². The molecule has 1 atom stereocenters. The zero-order valence-electron chi connectivity index (χ0n) is 13.3. The molecule has 0 aliphatic carbocycles. The third-order valence-corrected chi connectivity index (χ3v) is 3.61. The van der Waals surface area contributed by atoms with Crippen LogP contribution in [0, 0.1) is 17.0 Å². The average Bonchev–Trinajstić information content (AvgIpc) is 2.54. The normalized spacial score (nSPS) is 12.5. The number of aromatic nitrogens is 1. The summed E-state index contributed by atoms with van der Waals surface area (Å²) in [5, 5.41) is 13.4. The molecular weight excluding hydrogens is 339 g/mol. The molecule has 0 spiro atoms. The van der Waals surface area contributed by atoms with Crippen molar-refractivity contribution in [3.05, 3.63) is 69.0 Å². The fourth-order valence-electron chi connectivity index (χ4n) is 2.17. The van der Waals surface area contributed by atoms with E-state index in [4.69, 9.17) is 0 Å². The summed E-state index contributed by atoms with van der Waals surface area (Å²) >= 11 is 0. The molecule has 0 radical (unpaired) electrons. The maximum atomic E-state index is 12.6. The molecule has 0 saturated carbocycles. The van der Waals surface area contributed by atoms with E-state index in [2.05, 4.69) is 10.3 Å². The number of aryl methyl sites for hydroxylation is 1. The molecule has 0 aliphatic rings. The fraction of sp³-hybridized carbons (Fsp3) is 0.250. The largest absolute Gasteiger partial charge is 0.416 e. The number of rotatable bonds is 4. The Morgan fingerprint density at radius 3 is 2.40 bits per heavy atom. The van der Waals surface area contributed by atoms with E-state index in [9.17, 15) is 28.1 Å². The average molecular weight is 353 g/mol. The van der Waals surface area contributed by atoms with Gasteiger partial charge in [0.25, 0.3) is 11.6 Å². The minimum absolute atomic E-state index is 0.0351. The first-order valence-electron chi connectivity index (χ1n) is 7.18. The van der Waals surface area contributed by atoms with Crippen molar-refractivity contribution < 1.29 is 22.9 Å². The molecule has 1 heterocycles. The van der Waals surface area contributed by atoms with Crippen LogP contribution in [0.5, 0.6) is 0 Å². The number of nitro groups is 1. The molecule has 25 heavy (non-hydrogen) atoms. The number of nitrogens with one attached hydrogen (secondary N) is 1. The summed E-state index contributed by atoms with van der Waals surface area (Å²) < 4.78 is 37.7. The van der Waals surface area contributed by atoms with E-state index in [1.165, 1.54) is 19.1 Å². The minimum Gasteiger partial charge on any atom is -0.345 e. The van der Waals surface area contributed by atoms with Crippen LogP contribution >= 0.6 is 0 Å². The zero-order chi connectivity index (χ0) is 18.8. The Balaban J connectivity index is 2.17. The monoisotopic (exact) mass is 353 g/mol. The number of benzene rings is 1. The Hall–Kier alpha value is -2.97. The third kappa shape index (κ3) is 4.31. The van der Waals surface area contributed by atoms with Gasteiger partial charge in [-0.05, 0) is 31.5 Å². The first-order valence-corrected chi connectivity index (χ1v) is 7.18. The van der Waals surface area contributed by atoms with E-state index in [1.54, 1.807) is 6.92 Å². The maximum absolute atomic E-state index is 12.6. The predicted octanol–water partition coefficient (Wildman–Crippen LogP) is 3.81. The highest BCUT2D eigenvalue weighted by atomic mass is 19.4. The third-order valence-electron chi connectivity index (χ3n) is 3.61. The highest BCUT2D eigenvalue weighted by Crippen LogP contribution is 2.30. The Bertz CT molecular complexity index is 805. The first kappa shape index (κ1) is 18.4. The van der Waals surface area contributed by atoms with Crippen LogP contribution in [-0.4, -0.2) is 15.8 Å². The summed E-state index contributed by atoms with van der Waals surface area (Å²) in [7, 11) is 0. The lowest BCUT2D eigenvalue weighted by atomic mass is 10.0. The van der Waals surface area contributed by atoms with Crippen molar-refractivity contribution in [3.8, 4) is 0 Å². The van der Waals surface area contributed by atoms with Gasteiger partial charge in [0.2, 0.25) is 0 Å². The standard InChI is InChI=1S/C16H14F3N3O3/c1-9(11-3-5-12(6-4-11)16(17,18)19)21-15(23)14-7-13(22(24)25)8-20-10(14)2/h3-9H,1-2H3,(H,21,23). The van der Waals surface area contributed by atoms with Gasteiger partial charge in [-0.3, -0.25) is 19.9 Å². The molecule has 0 aliphatic heterocycles. The predicted molar refractivity (Wildman–Crippen MR) is 83.0 cm³/mol. The van der Waals surface area contributed by atoms with Gasteiger partial charge in [0.1, 0.15) is 6.20 Å². The molecule has 9 heteroatoms. The number of alkyl halides is 3. The second-order valence-electron chi connectivity index (χ2n) is 5.40. The van der Waals surface area contributed by atoms with E-state index < -0.39 is 28.6 Å². The smallest absolute Gasteiger partial charge is 0.345 e. The molecule has 1 aromatic heterocycles. The van der Waals surface area contributed by atoms with Crippen molar-refractivity contribution in [2.24, 2.45) is 0 Å². The van der Waals surface area contributed by atoms with Gasteiger partial charge in [0.15, 0.2) is 0 Å². The lowest BCUT2D eigenvalue weighted by molar-refractivity contribution is -0.385. The van der Waals surface area contributed by atoms with Crippen LogP contribution in [0.3, 0.4) is 0 Å². The second-order valence-corrected chi connectivity index (χ2v) is 5.40. The zero-order valence-corrected chi connectivity index (χ0v) is 13.3. The highest BCUT2D eigenvalue weighted by Gasteiger charge is 2.30. The van der Waals surface area contributed by atoms with Crippen molar-refractivity contribution >= 4 is 11.6 Å². The number of carbonyl (C=O) groups is 1. The Labute approximate surface area is 140 Å². The molecule has 132 valence electrons. The molecule has 0 bridgehead atoms. The van der Waals surface area contributed by atoms with Crippen LogP contribution in [0.2, 0.25) is 0 Å². The molecule has 0 saturated heterocycles. The Kier molecular flexibility index (Phi) is 5.05. The molecule has 2 aromatic rings. The van der Waals surface area contributed by atoms with Gasteiger partial charge in [0, 0.05) is 6.07 Å². The van der Waals surface area contributed by atoms with Crippen molar-refractivity contribution in [3.63, 3.8) is 0 Å². The lowest BCUT2D eigenvalue weighted by Gasteiger charge is -2.16. The summed E-state index contributed by atoms with van der Waals surface area (Å²) in [6.07, 6.45) is -3.39. The Morgan fingerprint density at radius 1 is 1.28 bits per heavy atom. The van der Waals surface area contributed by atoms with E-state index in [1.807, 2.05) is 0 Å². The van der Waals surface area contributed by atoms with Gasteiger partial charge < -0.3 is 5.32 Å². The van der Waals surface area contributed by atoms with Crippen molar-refractivity contribution in [2.75, 3.05) is 0 Å². The lowest BCUT2D eigenvalue weighted by Crippen LogP contribution is -2.27. The maximum Gasteiger partial charge on any atom is 0.416 e. The summed E-state index contributed by atoms with van der Waals surface area (Å²) in [5.74, 6) is -0.596. The fourth-order valence-corrected chi connectivity index (χ4v) is 2.17. The van der Waals surface area contributed by atoms with E-state index >= 15 is 0 Å². The van der Waals surface area contributed by atoms with Crippen LogP contribution in [0.4, 0.5) is 18.9 Å². The van der Waals surface area contributed by atoms with E-state index in [0.717, 1.165) is 24.4 Å². The van der Waals surface area contributed by atoms with Gasteiger partial charge in [-0.25, -0.2) is 0 Å². The molecule has 1 aromatic carbocycles. The van der Waals surface area contributed by atoms with Gasteiger partial charge in [-0.1, -0.05) is 12.1 Å². The molecule has 0 fully saturated rings. The molecule has 6 nitrogen and oxygen atoms in total. The van der Waals surface area contributed by atoms with Gasteiger partial charge in [-0.15, -0.1) is 0 Å². The molecule has 1 N–H and O–H groups in total. The summed E-state index contributed by atoms with van der Waals surface area (Å²) in [5.41, 5.74) is -0.292.